The van der Waals surface area contributed by atoms with Gasteiger partial charge in [0.25, 0.3) is 0 Å². The van der Waals surface area contributed by atoms with E-state index in [2.05, 4.69) is 39.8 Å². The molecular weight excluding hydrogens is 477 g/mol. The lowest BCUT2D eigenvalue weighted by molar-refractivity contribution is -0.131. The largest absolute Gasteiger partial charge is 0.353 e. The van der Waals surface area contributed by atoms with Gasteiger partial charge >= 0.3 is 0 Å². The Labute approximate surface area is 225 Å². The number of hydrogen-bond donors (Lipinski definition) is 2. The van der Waals surface area contributed by atoms with Gasteiger partial charge in [-0.2, -0.15) is 0 Å². The van der Waals surface area contributed by atoms with Crippen LogP contribution in [0.3, 0.4) is 0 Å². The fourth-order valence-corrected chi connectivity index (χ4v) is 7.33. The molecule has 6 rings (SSSR count). The average Bonchev–Trinajstić information content (AvgIpc) is 3.68. The van der Waals surface area contributed by atoms with E-state index in [0.29, 0.717) is 18.0 Å². The Hall–Kier alpha value is -2.73. The Morgan fingerprint density at radius 3 is 2.24 bits per heavy atom. The lowest BCUT2D eigenvalue weighted by atomic mass is 9.70. The van der Waals surface area contributed by atoms with Crippen molar-refractivity contribution in [3.63, 3.8) is 0 Å². The number of fused-ring (bicyclic) bond motifs is 2. The maximum absolute atomic E-state index is 13.3. The van der Waals surface area contributed by atoms with Gasteiger partial charge in [-0.1, -0.05) is 42.5 Å². The Morgan fingerprint density at radius 2 is 1.61 bits per heavy atom. The van der Waals surface area contributed by atoms with Crippen molar-refractivity contribution in [3.8, 4) is 0 Å². The van der Waals surface area contributed by atoms with E-state index in [1.807, 2.05) is 6.07 Å². The molecule has 2 aliphatic heterocycles. The monoisotopic (exact) mass is 517 g/mol. The fourth-order valence-electron chi connectivity index (χ4n) is 7.33. The first-order chi connectivity index (χ1) is 18.5. The van der Waals surface area contributed by atoms with Crippen molar-refractivity contribution in [2.24, 2.45) is 17.8 Å². The SMILES string of the molecule is O=C(Cc1ccc(F)cc1)NC1C[C@H]2CC[C@@H](C1)N2CC[C@H](NC(=O)C1CCC1C1CC1)c1ccccc1. The second-order valence-corrected chi connectivity index (χ2v) is 12.1. The number of rotatable bonds is 10. The van der Waals surface area contributed by atoms with Gasteiger partial charge in [0.1, 0.15) is 5.82 Å². The molecule has 3 unspecified atom stereocenters. The molecule has 38 heavy (non-hydrogen) atoms. The zero-order chi connectivity index (χ0) is 26.1. The Bertz CT molecular complexity index is 1110. The molecule has 2 saturated carbocycles. The van der Waals surface area contributed by atoms with Crippen molar-refractivity contribution in [2.45, 2.75) is 88.4 Å². The molecule has 0 spiro atoms. The second kappa shape index (κ2) is 11.2. The normalized spacial score (nSPS) is 29.3. The molecule has 6 heteroatoms. The average molecular weight is 518 g/mol. The summed E-state index contributed by atoms with van der Waals surface area (Å²) in [6.07, 6.45) is 10.4. The Kier molecular flexibility index (Phi) is 7.51. The molecule has 4 aliphatic rings. The van der Waals surface area contributed by atoms with Crippen molar-refractivity contribution < 1.29 is 14.0 Å². The predicted molar refractivity (Wildman–Crippen MR) is 146 cm³/mol. The quantitative estimate of drug-likeness (QED) is 0.458. The molecule has 2 aromatic carbocycles. The van der Waals surface area contributed by atoms with E-state index in [4.69, 9.17) is 0 Å². The third kappa shape index (κ3) is 5.80. The first kappa shape index (κ1) is 25.5. The summed E-state index contributed by atoms with van der Waals surface area (Å²) in [7, 11) is 0. The second-order valence-electron chi connectivity index (χ2n) is 12.1. The van der Waals surface area contributed by atoms with Gasteiger partial charge in [-0.15, -0.1) is 0 Å². The van der Waals surface area contributed by atoms with E-state index in [0.717, 1.165) is 43.7 Å². The van der Waals surface area contributed by atoms with Crippen LogP contribution in [0.4, 0.5) is 4.39 Å². The summed E-state index contributed by atoms with van der Waals surface area (Å²) in [6, 6.07) is 17.8. The fraction of sp³-hybridized carbons (Fsp3) is 0.562. The summed E-state index contributed by atoms with van der Waals surface area (Å²) < 4.78 is 13.2. The predicted octanol–water partition coefficient (Wildman–Crippen LogP) is 5.16. The van der Waals surface area contributed by atoms with E-state index >= 15 is 0 Å². The van der Waals surface area contributed by atoms with Gasteiger partial charge in [0.15, 0.2) is 0 Å². The van der Waals surface area contributed by atoms with Crippen LogP contribution in [0.5, 0.6) is 0 Å². The molecule has 2 N–H and O–H groups in total. The van der Waals surface area contributed by atoms with Gasteiger partial charge in [0.2, 0.25) is 11.8 Å². The van der Waals surface area contributed by atoms with Crippen molar-refractivity contribution >= 4 is 11.8 Å². The number of carbonyl (C=O) groups is 2. The maximum Gasteiger partial charge on any atom is 0.224 e. The van der Waals surface area contributed by atoms with Crippen LogP contribution in [-0.2, 0) is 16.0 Å². The number of nitrogens with zero attached hydrogens (tertiary/aromatic N) is 1. The molecule has 2 amide bonds. The summed E-state index contributed by atoms with van der Waals surface area (Å²) in [4.78, 5) is 28.5. The van der Waals surface area contributed by atoms with Gasteiger partial charge in [-0.25, -0.2) is 4.39 Å². The lowest BCUT2D eigenvalue weighted by Gasteiger charge is -2.40. The molecule has 0 radical (unpaired) electrons. The van der Waals surface area contributed by atoms with Crippen molar-refractivity contribution in [2.75, 3.05) is 6.54 Å². The standard InChI is InChI=1S/C32H40FN3O2/c33-24-10-6-21(7-11-24)18-31(37)34-25-19-26-12-13-27(20-25)36(26)17-16-30(23-4-2-1-3-5-23)35-32(38)29-15-14-28(29)22-8-9-22/h1-7,10-11,22,25-30H,8-9,12-20H2,(H,34,37)(H,35,38)/t25?,26-,27+,28?,29?,30-/m0/s1. The summed E-state index contributed by atoms with van der Waals surface area (Å²) in [5, 5.41) is 6.70. The molecule has 4 fully saturated rings. The number of benzene rings is 2. The van der Waals surface area contributed by atoms with Crippen LogP contribution in [0.25, 0.3) is 0 Å². The van der Waals surface area contributed by atoms with E-state index in [9.17, 15) is 14.0 Å². The highest BCUT2D eigenvalue weighted by Gasteiger charge is 2.46. The molecule has 2 aromatic rings. The minimum absolute atomic E-state index is 0.0156. The minimum Gasteiger partial charge on any atom is -0.353 e. The van der Waals surface area contributed by atoms with E-state index < -0.39 is 0 Å². The number of piperidine rings is 1. The number of hydrogen-bond acceptors (Lipinski definition) is 3. The first-order valence-corrected chi connectivity index (χ1v) is 14.7. The highest BCUT2D eigenvalue weighted by molar-refractivity contribution is 5.80. The van der Waals surface area contributed by atoms with Crippen LogP contribution >= 0.6 is 0 Å². The number of carbonyl (C=O) groups excluding carboxylic acids is 2. The molecule has 0 aromatic heterocycles. The third-order valence-corrected chi connectivity index (χ3v) is 9.61. The Morgan fingerprint density at radius 1 is 0.895 bits per heavy atom. The highest BCUT2D eigenvalue weighted by atomic mass is 19.1. The molecule has 5 nitrogen and oxygen atoms in total. The van der Waals surface area contributed by atoms with Crippen molar-refractivity contribution in [1.82, 2.24) is 15.5 Å². The van der Waals surface area contributed by atoms with Crippen molar-refractivity contribution in [3.05, 3.63) is 71.5 Å². The molecule has 2 aliphatic carbocycles. The van der Waals surface area contributed by atoms with E-state index in [1.165, 1.54) is 49.8 Å². The van der Waals surface area contributed by atoms with Gasteiger partial charge in [-0.05, 0) is 92.9 Å². The topological polar surface area (TPSA) is 61.4 Å². The van der Waals surface area contributed by atoms with E-state index in [1.54, 1.807) is 12.1 Å². The minimum atomic E-state index is -0.280. The first-order valence-electron chi connectivity index (χ1n) is 14.7. The van der Waals surface area contributed by atoms with Crippen LogP contribution in [0.1, 0.15) is 75.0 Å². The van der Waals surface area contributed by atoms with Crippen LogP contribution in [-0.4, -0.2) is 41.4 Å². The van der Waals surface area contributed by atoms with Crippen LogP contribution in [0.2, 0.25) is 0 Å². The smallest absolute Gasteiger partial charge is 0.224 e. The molecule has 2 heterocycles. The number of amides is 2. The molecule has 6 atom stereocenters. The van der Waals surface area contributed by atoms with Crippen LogP contribution < -0.4 is 10.6 Å². The van der Waals surface area contributed by atoms with Crippen LogP contribution in [0.15, 0.2) is 54.6 Å². The number of nitrogens with one attached hydrogen (secondary N) is 2. The Balaban J connectivity index is 1.03. The summed E-state index contributed by atoms with van der Waals surface area (Å²) in [6.45, 7) is 0.960. The van der Waals surface area contributed by atoms with E-state index in [-0.39, 0.29) is 42.1 Å². The van der Waals surface area contributed by atoms with Gasteiger partial charge < -0.3 is 10.6 Å². The zero-order valence-corrected chi connectivity index (χ0v) is 22.2. The van der Waals surface area contributed by atoms with Gasteiger partial charge in [0.05, 0.1) is 12.5 Å². The molecule has 2 saturated heterocycles. The van der Waals surface area contributed by atoms with Crippen LogP contribution in [0, 0.1) is 23.6 Å². The molecule has 2 bridgehead atoms. The number of halogens is 1. The zero-order valence-electron chi connectivity index (χ0n) is 22.2. The highest BCUT2D eigenvalue weighted by Crippen LogP contribution is 2.50. The maximum atomic E-state index is 13.3. The van der Waals surface area contributed by atoms with Crippen molar-refractivity contribution in [1.29, 1.82) is 0 Å². The molecule has 202 valence electrons. The van der Waals surface area contributed by atoms with Gasteiger partial charge in [0, 0.05) is 30.6 Å². The van der Waals surface area contributed by atoms with Gasteiger partial charge in [-0.3, -0.25) is 14.5 Å². The summed E-state index contributed by atoms with van der Waals surface area (Å²) >= 11 is 0. The summed E-state index contributed by atoms with van der Waals surface area (Å²) in [5.74, 6) is 1.61. The third-order valence-electron chi connectivity index (χ3n) is 9.61. The molecular formula is C32H40FN3O2. The lowest BCUT2D eigenvalue weighted by Crippen LogP contribution is -2.51. The summed E-state index contributed by atoms with van der Waals surface area (Å²) in [5.41, 5.74) is 2.03.